The largest absolute Gasteiger partial charge is 0.497 e. The highest BCUT2D eigenvalue weighted by Gasteiger charge is 2.37. The van der Waals surface area contributed by atoms with E-state index in [2.05, 4.69) is 0 Å². The Labute approximate surface area is 89.2 Å². The molecule has 1 aromatic rings. The van der Waals surface area contributed by atoms with Crippen molar-refractivity contribution in [2.75, 3.05) is 7.11 Å². The molecule has 0 amide bonds. The first kappa shape index (κ1) is 10.4. The molecule has 0 unspecified atom stereocenters. The lowest BCUT2D eigenvalue weighted by atomic mass is 9.86. The van der Waals surface area contributed by atoms with Crippen LogP contribution >= 0.6 is 0 Å². The first-order valence-corrected chi connectivity index (χ1v) is 5.09. The molecule has 2 rings (SSSR count). The zero-order chi connectivity index (χ0) is 11.2. The molecule has 1 aromatic carbocycles. The Hall–Kier alpha value is -1.09. The summed E-state index contributed by atoms with van der Waals surface area (Å²) in [6, 6.07) is 3.19. The van der Waals surface area contributed by atoms with Gasteiger partial charge < -0.3 is 10.5 Å². The predicted octanol–water partition coefficient (Wildman–Crippen LogP) is 2.52. The monoisotopic (exact) mass is 209 g/mol. The quantitative estimate of drug-likeness (QED) is 0.771. The number of halogens is 1. The molecular formula is C12H16FNO. The Kier molecular flexibility index (Phi) is 2.23. The second-order valence-electron chi connectivity index (χ2n) is 4.77. The Balaban J connectivity index is 2.63. The number of fused-ring (bicyclic) bond motifs is 1. The van der Waals surface area contributed by atoms with E-state index in [4.69, 9.17) is 10.5 Å². The molecule has 0 heterocycles. The Morgan fingerprint density at radius 2 is 2.13 bits per heavy atom. The third-order valence-electron chi connectivity index (χ3n) is 3.14. The van der Waals surface area contributed by atoms with E-state index in [0.29, 0.717) is 5.75 Å². The van der Waals surface area contributed by atoms with E-state index in [1.165, 1.54) is 13.2 Å². The maximum Gasteiger partial charge on any atom is 0.130 e. The summed E-state index contributed by atoms with van der Waals surface area (Å²) in [7, 11) is 1.53. The van der Waals surface area contributed by atoms with Gasteiger partial charge in [-0.05, 0) is 29.0 Å². The molecule has 0 saturated carbocycles. The molecule has 0 radical (unpaired) electrons. The van der Waals surface area contributed by atoms with Crippen LogP contribution in [0.3, 0.4) is 0 Å². The Bertz CT molecular complexity index is 401. The van der Waals surface area contributed by atoms with Gasteiger partial charge in [-0.3, -0.25) is 0 Å². The van der Waals surface area contributed by atoms with Crippen LogP contribution in [-0.4, -0.2) is 7.11 Å². The molecule has 0 fully saturated rings. The molecular weight excluding hydrogens is 193 g/mol. The number of ether oxygens (including phenoxy) is 1. The minimum Gasteiger partial charge on any atom is -0.497 e. The van der Waals surface area contributed by atoms with Gasteiger partial charge in [-0.15, -0.1) is 0 Å². The first-order valence-electron chi connectivity index (χ1n) is 5.09. The summed E-state index contributed by atoms with van der Waals surface area (Å²) in [4.78, 5) is 0. The molecule has 3 heteroatoms. The summed E-state index contributed by atoms with van der Waals surface area (Å²) < 4.78 is 18.9. The van der Waals surface area contributed by atoms with Crippen LogP contribution in [0.25, 0.3) is 0 Å². The molecule has 1 aliphatic rings. The molecule has 2 N–H and O–H groups in total. The molecule has 82 valence electrons. The van der Waals surface area contributed by atoms with Gasteiger partial charge in [-0.2, -0.15) is 0 Å². The predicted molar refractivity (Wildman–Crippen MR) is 57.5 cm³/mol. The van der Waals surface area contributed by atoms with Crippen molar-refractivity contribution < 1.29 is 9.13 Å². The van der Waals surface area contributed by atoms with Gasteiger partial charge in [0.25, 0.3) is 0 Å². The van der Waals surface area contributed by atoms with Gasteiger partial charge >= 0.3 is 0 Å². The summed E-state index contributed by atoms with van der Waals surface area (Å²) in [5.41, 5.74) is 7.45. The standard InChI is InChI=1S/C12H16FNO/c1-12(2)6-10(14)8-4-7(15-3)5-9(13)11(8)12/h4-5,10H,6,14H2,1-3H3/t10-/m1/s1. The summed E-state index contributed by atoms with van der Waals surface area (Å²) >= 11 is 0. The lowest BCUT2D eigenvalue weighted by Crippen LogP contribution is -2.15. The van der Waals surface area contributed by atoms with E-state index in [1.54, 1.807) is 0 Å². The fourth-order valence-corrected chi connectivity index (χ4v) is 2.49. The molecule has 0 spiro atoms. The molecule has 15 heavy (non-hydrogen) atoms. The number of nitrogens with two attached hydrogens (primary N) is 1. The zero-order valence-electron chi connectivity index (χ0n) is 9.30. The van der Waals surface area contributed by atoms with Crippen LogP contribution in [0.2, 0.25) is 0 Å². The third kappa shape index (κ3) is 1.51. The molecule has 0 aliphatic heterocycles. The van der Waals surface area contributed by atoms with Crippen molar-refractivity contribution in [2.24, 2.45) is 5.73 Å². The van der Waals surface area contributed by atoms with Gasteiger partial charge in [-0.1, -0.05) is 13.8 Å². The van der Waals surface area contributed by atoms with Crippen LogP contribution in [-0.2, 0) is 5.41 Å². The first-order chi connectivity index (χ1) is 6.95. The molecule has 0 saturated heterocycles. The number of methoxy groups -OCH3 is 1. The van der Waals surface area contributed by atoms with E-state index in [0.717, 1.165) is 17.5 Å². The average molecular weight is 209 g/mol. The molecule has 1 aliphatic carbocycles. The van der Waals surface area contributed by atoms with Crippen molar-refractivity contribution in [1.82, 2.24) is 0 Å². The Morgan fingerprint density at radius 3 is 2.73 bits per heavy atom. The van der Waals surface area contributed by atoms with Crippen molar-refractivity contribution in [1.29, 1.82) is 0 Å². The van der Waals surface area contributed by atoms with Gasteiger partial charge in [0.05, 0.1) is 7.11 Å². The number of rotatable bonds is 1. The summed E-state index contributed by atoms with van der Waals surface area (Å²) in [6.07, 6.45) is 0.784. The molecule has 0 aromatic heterocycles. The summed E-state index contributed by atoms with van der Waals surface area (Å²) in [5, 5.41) is 0. The highest BCUT2D eigenvalue weighted by Crippen LogP contribution is 2.45. The number of hydrogen-bond acceptors (Lipinski definition) is 2. The van der Waals surface area contributed by atoms with Crippen molar-refractivity contribution in [2.45, 2.75) is 31.7 Å². The smallest absolute Gasteiger partial charge is 0.130 e. The highest BCUT2D eigenvalue weighted by atomic mass is 19.1. The van der Waals surface area contributed by atoms with Gasteiger partial charge in [-0.25, -0.2) is 4.39 Å². The van der Waals surface area contributed by atoms with Crippen molar-refractivity contribution in [3.8, 4) is 5.75 Å². The second-order valence-corrected chi connectivity index (χ2v) is 4.77. The molecule has 2 nitrogen and oxygen atoms in total. The van der Waals surface area contributed by atoms with Crippen LogP contribution in [0.5, 0.6) is 5.75 Å². The van der Waals surface area contributed by atoms with E-state index in [1.807, 2.05) is 19.9 Å². The van der Waals surface area contributed by atoms with E-state index < -0.39 is 0 Å². The van der Waals surface area contributed by atoms with E-state index >= 15 is 0 Å². The fourth-order valence-electron chi connectivity index (χ4n) is 2.49. The van der Waals surface area contributed by atoms with E-state index in [9.17, 15) is 4.39 Å². The van der Waals surface area contributed by atoms with E-state index in [-0.39, 0.29) is 17.3 Å². The third-order valence-corrected chi connectivity index (χ3v) is 3.14. The topological polar surface area (TPSA) is 35.2 Å². The van der Waals surface area contributed by atoms with Crippen LogP contribution < -0.4 is 10.5 Å². The Morgan fingerprint density at radius 1 is 1.47 bits per heavy atom. The van der Waals surface area contributed by atoms with Gasteiger partial charge in [0.2, 0.25) is 0 Å². The zero-order valence-corrected chi connectivity index (χ0v) is 9.30. The normalized spacial score (nSPS) is 22.6. The van der Waals surface area contributed by atoms with Crippen LogP contribution in [0, 0.1) is 5.82 Å². The van der Waals surface area contributed by atoms with Crippen LogP contribution in [0.15, 0.2) is 12.1 Å². The number of hydrogen-bond donors (Lipinski definition) is 1. The molecule has 1 atom stereocenters. The second kappa shape index (κ2) is 3.20. The maximum atomic E-state index is 13.9. The highest BCUT2D eigenvalue weighted by molar-refractivity contribution is 5.46. The van der Waals surface area contributed by atoms with Crippen molar-refractivity contribution >= 4 is 0 Å². The minimum atomic E-state index is -0.206. The minimum absolute atomic E-state index is 0.0837. The lowest BCUT2D eigenvalue weighted by molar-refractivity contribution is 0.409. The summed E-state index contributed by atoms with van der Waals surface area (Å²) in [5.74, 6) is 0.335. The average Bonchev–Trinajstić information content (AvgIpc) is 2.37. The number of benzene rings is 1. The lowest BCUT2D eigenvalue weighted by Gasteiger charge is -2.19. The maximum absolute atomic E-state index is 13.9. The van der Waals surface area contributed by atoms with Crippen LogP contribution in [0.4, 0.5) is 4.39 Å². The van der Waals surface area contributed by atoms with Crippen molar-refractivity contribution in [3.63, 3.8) is 0 Å². The molecule has 0 bridgehead atoms. The van der Waals surface area contributed by atoms with Gasteiger partial charge in [0.1, 0.15) is 11.6 Å². The fraction of sp³-hybridized carbons (Fsp3) is 0.500. The van der Waals surface area contributed by atoms with Gasteiger partial charge in [0.15, 0.2) is 0 Å². The van der Waals surface area contributed by atoms with Crippen LogP contribution in [0.1, 0.15) is 37.4 Å². The van der Waals surface area contributed by atoms with Crippen molar-refractivity contribution in [3.05, 3.63) is 29.1 Å². The summed E-state index contributed by atoms with van der Waals surface area (Å²) in [6.45, 7) is 4.04. The van der Waals surface area contributed by atoms with Gasteiger partial charge in [0, 0.05) is 12.1 Å². The SMILES string of the molecule is COc1cc(F)c2c(c1)[C@H](N)CC2(C)C.